The summed E-state index contributed by atoms with van der Waals surface area (Å²) in [4.78, 5) is 16.3. The largest absolute Gasteiger partial charge is 0.444 e. The van der Waals surface area contributed by atoms with Crippen LogP contribution in [0.25, 0.3) is 0 Å². The molecule has 7 nitrogen and oxygen atoms in total. The molecule has 0 saturated heterocycles. The van der Waals surface area contributed by atoms with Gasteiger partial charge < -0.3 is 15.8 Å². The van der Waals surface area contributed by atoms with Gasteiger partial charge in [-0.05, 0) is 68.5 Å². The summed E-state index contributed by atoms with van der Waals surface area (Å²) >= 11 is 3.31. The predicted octanol–water partition coefficient (Wildman–Crippen LogP) is 2.87. The van der Waals surface area contributed by atoms with E-state index in [-0.39, 0.29) is 24.0 Å². The fraction of sp³-hybridized carbons (Fsp3) is 0.625. The van der Waals surface area contributed by atoms with Crippen LogP contribution in [0.15, 0.2) is 21.6 Å². The Labute approximate surface area is 159 Å². The quantitative estimate of drug-likeness (QED) is 0.677. The number of aromatic nitrogens is 1. The number of rotatable bonds is 4. The number of nitrogens with two attached hydrogens (primary N) is 1. The minimum absolute atomic E-state index is 0.0824. The number of nitrogen functional groups attached to an aromatic ring is 1. The third-order valence-corrected chi connectivity index (χ3v) is 5.48. The Morgan fingerprint density at radius 1 is 1.32 bits per heavy atom. The molecule has 1 aromatic heterocycles. The van der Waals surface area contributed by atoms with Gasteiger partial charge in [-0.15, -0.1) is 0 Å². The molecule has 25 heavy (non-hydrogen) atoms. The van der Waals surface area contributed by atoms with Gasteiger partial charge in [-0.2, -0.15) is 0 Å². The van der Waals surface area contributed by atoms with Crippen LogP contribution in [0.5, 0.6) is 0 Å². The number of hydrogen-bond acceptors (Lipinski definition) is 5. The lowest BCUT2D eigenvalue weighted by Crippen LogP contribution is -2.44. The Hall–Kier alpha value is -1.19. The summed E-state index contributed by atoms with van der Waals surface area (Å²) in [5.41, 5.74) is 5.29. The fourth-order valence-electron chi connectivity index (χ4n) is 2.62. The number of carbonyl (C=O) groups excluding carboxylic acids is 1. The minimum Gasteiger partial charge on any atom is -0.444 e. The number of ether oxygens (including phenoxy) is 1. The van der Waals surface area contributed by atoms with Gasteiger partial charge in [0.05, 0.1) is 4.90 Å². The molecule has 140 valence electrons. The highest BCUT2D eigenvalue weighted by molar-refractivity contribution is 9.10. The van der Waals surface area contributed by atoms with Gasteiger partial charge >= 0.3 is 6.09 Å². The second kappa shape index (κ2) is 8.46. The molecule has 1 aromatic rings. The van der Waals surface area contributed by atoms with E-state index in [4.69, 9.17) is 10.5 Å². The molecule has 1 fully saturated rings. The standard InChI is InChI=1S/C16H25BrN4O3S/c1-16(2,3)24-15(22)20-11-4-6-12(7-5-11)21-25(23)13-8-10(17)9-19-14(13)18/h8-9,11-12,21H,4-7H2,1-3H3,(H2,18,19)(H,20,22). The van der Waals surface area contributed by atoms with Crippen molar-refractivity contribution < 1.29 is 13.7 Å². The van der Waals surface area contributed by atoms with Crippen molar-refractivity contribution in [3.63, 3.8) is 0 Å². The van der Waals surface area contributed by atoms with Gasteiger partial charge in [0.1, 0.15) is 22.4 Å². The van der Waals surface area contributed by atoms with Crippen LogP contribution in [0.3, 0.4) is 0 Å². The molecular formula is C16H25BrN4O3S. The van der Waals surface area contributed by atoms with Crippen molar-refractivity contribution in [1.29, 1.82) is 0 Å². The molecule has 4 N–H and O–H groups in total. The Morgan fingerprint density at radius 3 is 2.52 bits per heavy atom. The Balaban J connectivity index is 1.81. The highest BCUT2D eigenvalue weighted by Gasteiger charge is 2.26. The van der Waals surface area contributed by atoms with Gasteiger partial charge in [-0.25, -0.2) is 18.7 Å². The van der Waals surface area contributed by atoms with E-state index in [1.165, 1.54) is 0 Å². The molecule has 2 rings (SSSR count). The monoisotopic (exact) mass is 432 g/mol. The summed E-state index contributed by atoms with van der Waals surface area (Å²) < 4.78 is 21.6. The average Bonchev–Trinajstić information content (AvgIpc) is 2.49. The van der Waals surface area contributed by atoms with E-state index < -0.39 is 16.6 Å². The molecule has 1 amide bonds. The van der Waals surface area contributed by atoms with Gasteiger partial charge in [0.15, 0.2) is 0 Å². The number of amides is 1. The lowest BCUT2D eigenvalue weighted by Gasteiger charge is -2.30. The van der Waals surface area contributed by atoms with E-state index in [1.807, 2.05) is 20.8 Å². The lowest BCUT2D eigenvalue weighted by atomic mass is 9.92. The molecule has 9 heteroatoms. The summed E-state index contributed by atoms with van der Waals surface area (Å²) in [7, 11) is -1.42. The number of nitrogens with zero attached hydrogens (tertiary/aromatic N) is 1. The van der Waals surface area contributed by atoms with Crippen molar-refractivity contribution in [2.45, 2.75) is 69.0 Å². The second-order valence-electron chi connectivity index (χ2n) is 7.12. The Kier molecular flexibility index (Phi) is 6.81. The first-order valence-corrected chi connectivity index (χ1v) is 10.2. The van der Waals surface area contributed by atoms with Crippen LogP contribution in [-0.4, -0.2) is 33.0 Å². The fourth-order valence-corrected chi connectivity index (χ4v) is 4.25. The van der Waals surface area contributed by atoms with Gasteiger partial charge in [0.25, 0.3) is 0 Å². The smallest absolute Gasteiger partial charge is 0.407 e. The zero-order valence-corrected chi connectivity index (χ0v) is 17.1. The molecule has 0 spiro atoms. The van der Waals surface area contributed by atoms with E-state index in [0.29, 0.717) is 4.90 Å². The SMILES string of the molecule is CC(C)(C)OC(=O)NC1CCC(NS(=O)c2cc(Br)cnc2N)CC1. The van der Waals surface area contributed by atoms with E-state index >= 15 is 0 Å². The first-order valence-electron chi connectivity index (χ1n) is 8.22. The van der Waals surface area contributed by atoms with Crippen LogP contribution in [-0.2, 0) is 15.7 Å². The normalized spacial score (nSPS) is 22.2. The van der Waals surface area contributed by atoms with Crippen molar-refractivity contribution in [2.75, 3.05) is 5.73 Å². The van der Waals surface area contributed by atoms with Gasteiger partial charge in [0.2, 0.25) is 0 Å². The summed E-state index contributed by atoms with van der Waals surface area (Å²) in [5, 5.41) is 2.90. The molecule has 0 aromatic carbocycles. The molecule has 1 heterocycles. The predicted molar refractivity (Wildman–Crippen MR) is 101 cm³/mol. The van der Waals surface area contributed by atoms with Crippen molar-refractivity contribution in [3.8, 4) is 0 Å². The summed E-state index contributed by atoms with van der Waals surface area (Å²) in [5.74, 6) is 0.259. The van der Waals surface area contributed by atoms with Gasteiger partial charge in [-0.1, -0.05) is 0 Å². The molecule has 1 atom stereocenters. The van der Waals surface area contributed by atoms with Crippen LogP contribution >= 0.6 is 15.9 Å². The highest BCUT2D eigenvalue weighted by atomic mass is 79.9. The summed E-state index contributed by atoms with van der Waals surface area (Å²) in [6.45, 7) is 5.52. The molecular weight excluding hydrogens is 408 g/mol. The molecule has 1 aliphatic carbocycles. The van der Waals surface area contributed by atoms with E-state index in [0.717, 1.165) is 30.2 Å². The maximum Gasteiger partial charge on any atom is 0.407 e. The minimum atomic E-state index is -1.42. The molecule has 0 aliphatic heterocycles. The number of carbonyl (C=O) groups is 1. The number of halogens is 1. The molecule has 1 saturated carbocycles. The van der Waals surface area contributed by atoms with Crippen molar-refractivity contribution in [3.05, 3.63) is 16.7 Å². The highest BCUT2D eigenvalue weighted by Crippen LogP contribution is 2.23. The summed E-state index contributed by atoms with van der Waals surface area (Å²) in [6, 6.07) is 1.90. The lowest BCUT2D eigenvalue weighted by molar-refractivity contribution is 0.0490. The van der Waals surface area contributed by atoms with Crippen molar-refractivity contribution in [1.82, 2.24) is 15.0 Å². The number of pyridine rings is 1. The number of nitrogens with one attached hydrogen (secondary N) is 2. The first kappa shape index (κ1) is 20.1. The molecule has 0 radical (unpaired) electrons. The van der Waals surface area contributed by atoms with Gasteiger partial charge in [-0.3, -0.25) is 0 Å². The average molecular weight is 433 g/mol. The molecule has 0 bridgehead atoms. The van der Waals surface area contributed by atoms with E-state index in [9.17, 15) is 9.00 Å². The second-order valence-corrected chi connectivity index (χ2v) is 9.25. The van der Waals surface area contributed by atoms with Crippen LogP contribution in [0.2, 0.25) is 0 Å². The van der Waals surface area contributed by atoms with Crippen LogP contribution in [0.4, 0.5) is 10.6 Å². The molecule has 1 aliphatic rings. The first-order chi connectivity index (χ1) is 11.6. The van der Waals surface area contributed by atoms with Crippen LogP contribution < -0.4 is 15.8 Å². The maximum atomic E-state index is 12.5. The Morgan fingerprint density at radius 2 is 1.92 bits per heavy atom. The van der Waals surface area contributed by atoms with Gasteiger partial charge in [0, 0.05) is 22.8 Å². The van der Waals surface area contributed by atoms with E-state index in [2.05, 4.69) is 31.0 Å². The topological polar surface area (TPSA) is 106 Å². The van der Waals surface area contributed by atoms with E-state index in [1.54, 1.807) is 12.3 Å². The Bertz CT molecular complexity index is 643. The zero-order chi connectivity index (χ0) is 18.6. The number of alkyl carbamates (subject to hydrolysis) is 1. The summed E-state index contributed by atoms with van der Waals surface area (Å²) in [6.07, 6.45) is 4.42. The number of anilines is 1. The van der Waals surface area contributed by atoms with Crippen LogP contribution in [0, 0.1) is 0 Å². The van der Waals surface area contributed by atoms with Crippen LogP contribution in [0.1, 0.15) is 46.5 Å². The zero-order valence-electron chi connectivity index (χ0n) is 14.7. The third kappa shape index (κ3) is 6.56. The maximum absolute atomic E-state index is 12.5. The number of hydrogen-bond donors (Lipinski definition) is 3. The molecule has 1 unspecified atom stereocenters. The third-order valence-electron chi connectivity index (χ3n) is 3.77. The van der Waals surface area contributed by atoms with Crippen molar-refractivity contribution in [2.24, 2.45) is 0 Å². The van der Waals surface area contributed by atoms with Crippen molar-refractivity contribution >= 4 is 38.8 Å².